The quantitative estimate of drug-likeness (QED) is 0.0320. The summed E-state index contributed by atoms with van der Waals surface area (Å²) in [5.41, 5.74) is 0. The fourth-order valence-electron chi connectivity index (χ4n) is 11.2. The highest BCUT2D eigenvalue weighted by Gasteiger charge is 2.18. The molecule has 0 heterocycles. The number of allylic oxidation sites excluding steroid dienone is 5. The first-order valence-electron chi connectivity index (χ1n) is 35.8. The zero-order valence-electron chi connectivity index (χ0n) is 53.4. The van der Waals surface area contributed by atoms with Crippen molar-refractivity contribution in [2.45, 2.75) is 405 Å². The number of carbonyl (C=O) groups is 2. The van der Waals surface area contributed by atoms with Crippen molar-refractivity contribution in [1.29, 1.82) is 0 Å². The van der Waals surface area contributed by atoms with Crippen LogP contribution in [0.2, 0.25) is 0 Å². The normalized spacial score (nSPS) is 12.7. The van der Waals surface area contributed by atoms with Crippen molar-refractivity contribution in [3.63, 3.8) is 0 Å². The Morgan fingerprint density at radius 1 is 0.342 bits per heavy atom. The van der Waals surface area contributed by atoms with Gasteiger partial charge in [-0.1, -0.05) is 333 Å². The molecule has 0 bridgehead atoms. The summed E-state index contributed by atoms with van der Waals surface area (Å²) in [4.78, 5) is 24.6. The van der Waals surface area contributed by atoms with Gasteiger partial charge in [0.1, 0.15) is 0 Å². The van der Waals surface area contributed by atoms with Gasteiger partial charge in [0.2, 0.25) is 5.91 Å². The molecule has 3 N–H and O–H groups in total. The van der Waals surface area contributed by atoms with Gasteiger partial charge in [-0.3, -0.25) is 9.59 Å². The summed E-state index contributed by atoms with van der Waals surface area (Å²) in [7, 11) is 0. The van der Waals surface area contributed by atoms with E-state index in [0.717, 1.165) is 44.9 Å². The van der Waals surface area contributed by atoms with Crippen LogP contribution in [0.4, 0.5) is 0 Å². The first kappa shape index (κ1) is 77.1. The van der Waals surface area contributed by atoms with Crippen molar-refractivity contribution >= 4 is 11.9 Å². The summed E-state index contributed by atoms with van der Waals surface area (Å²) in [6.07, 6.45) is 87.9. The number of hydrogen-bond donors (Lipinski definition) is 3. The molecule has 0 aliphatic rings. The number of rotatable bonds is 67. The third kappa shape index (κ3) is 65.1. The largest absolute Gasteiger partial charge is 0.466 e. The molecule has 466 valence electrons. The van der Waals surface area contributed by atoms with Crippen LogP contribution in [0, 0.1) is 0 Å². The van der Waals surface area contributed by atoms with Gasteiger partial charge in [-0.15, -0.1) is 0 Å². The number of esters is 1. The maximum atomic E-state index is 12.5. The van der Waals surface area contributed by atoms with E-state index in [1.54, 1.807) is 6.08 Å². The topological polar surface area (TPSA) is 95.9 Å². The van der Waals surface area contributed by atoms with E-state index in [2.05, 4.69) is 43.5 Å². The van der Waals surface area contributed by atoms with Crippen LogP contribution in [0.3, 0.4) is 0 Å². The van der Waals surface area contributed by atoms with Gasteiger partial charge in [0.25, 0.3) is 0 Å². The van der Waals surface area contributed by atoms with Crippen molar-refractivity contribution < 1.29 is 24.5 Å². The molecular formula is C73H139NO5. The lowest BCUT2D eigenvalue weighted by molar-refractivity contribution is -0.143. The van der Waals surface area contributed by atoms with Crippen LogP contribution in [0.1, 0.15) is 393 Å². The summed E-state index contributed by atoms with van der Waals surface area (Å²) in [5, 5.41) is 23.3. The van der Waals surface area contributed by atoms with Gasteiger partial charge in [-0.05, 0) is 83.5 Å². The van der Waals surface area contributed by atoms with E-state index in [1.807, 2.05) is 6.08 Å². The van der Waals surface area contributed by atoms with Gasteiger partial charge in [-0.25, -0.2) is 0 Å². The van der Waals surface area contributed by atoms with Crippen LogP contribution >= 0.6 is 0 Å². The van der Waals surface area contributed by atoms with Crippen molar-refractivity contribution in [2.75, 3.05) is 13.2 Å². The molecule has 0 radical (unpaired) electrons. The SMILES string of the molecule is CCCCCCC/C=C\CCCCCCCC(=O)OCCCCCCCCCCCCCC/C=C\CCCCCCCCCCCCC(=O)NC(CO)C(O)/C=C/CCCCCCCCCCCCCCCCCCCCCC. The van der Waals surface area contributed by atoms with Crippen LogP contribution in [0.5, 0.6) is 0 Å². The lowest BCUT2D eigenvalue weighted by atomic mass is 10.0. The molecule has 1 amide bonds. The number of nitrogens with one attached hydrogen (secondary N) is 1. The Hall–Kier alpha value is -1.92. The monoisotopic (exact) mass is 1110 g/mol. The predicted molar refractivity (Wildman–Crippen MR) is 347 cm³/mol. The fraction of sp³-hybridized carbons (Fsp3) is 0.890. The number of aliphatic hydroxyl groups is 2. The van der Waals surface area contributed by atoms with E-state index in [0.29, 0.717) is 19.4 Å². The van der Waals surface area contributed by atoms with Gasteiger partial charge in [0.05, 0.1) is 25.4 Å². The highest BCUT2D eigenvalue weighted by molar-refractivity contribution is 5.76. The summed E-state index contributed by atoms with van der Waals surface area (Å²) in [6.45, 7) is 4.92. The lowest BCUT2D eigenvalue weighted by Crippen LogP contribution is -2.45. The number of aliphatic hydroxyl groups excluding tert-OH is 2. The zero-order chi connectivity index (χ0) is 57.1. The van der Waals surface area contributed by atoms with Crippen LogP contribution in [-0.2, 0) is 14.3 Å². The third-order valence-electron chi connectivity index (χ3n) is 16.6. The molecule has 2 unspecified atom stereocenters. The Bertz CT molecular complexity index is 1280. The van der Waals surface area contributed by atoms with Crippen LogP contribution in [0.15, 0.2) is 36.5 Å². The summed E-state index contributed by atoms with van der Waals surface area (Å²) in [5.74, 6) is -0.0603. The molecule has 0 fully saturated rings. The second kappa shape index (κ2) is 68.6. The smallest absolute Gasteiger partial charge is 0.305 e. The lowest BCUT2D eigenvalue weighted by Gasteiger charge is -2.20. The van der Waals surface area contributed by atoms with Gasteiger partial charge in [-0.2, -0.15) is 0 Å². The molecule has 2 atom stereocenters. The van der Waals surface area contributed by atoms with Crippen molar-refractivity contribution in [2.24, 2.45) is 0 Å². The van der Waals surface area contributed by atoms with Gasteiger partial charge in [0.15, 0.2) is 0 Å². The van der Waals surface area contributed by atoms with Gasteiger partial charge >= 0.3 is 5.97 Å². The highest BCUT2D eigenvalue weighted by atomic mass is 16.5. The average molecular weight is 1110 g/mol. The Balaban J connectivity index is 3.42. The van der Waals surface area contributed by atoms with E-state index in [1.165, 1.54) is 321 Å². The van der Waals surface area contributed by atoms with Crippen LogP contribution in [0.25, 0.3) is 0 Å². The standard InChI is InChI=1S/C73H139NO5/c1-3-5-7-9-11-13-15-17-19-20-21-22-29-32-35-38-41-45-49-53-57-61-65-71(76)70(69-75)74-72(77)66-62-58-54-50-46-42-39-36-33-30-27-25-23-24-26-28-31-34-37-40-44-48-52-56-60-64-68-79-73(78)67-63-59-55-51-47-43-18-16-14-12-10-8-6-4-2/h16,18,23,25,61,65,70-71,75-76H,3-15,17,19-22,24,26-60,62-64,66-69H2,1-2H3,(H,74,77)/b18-16-,25-23-,65-61+. The van der Waals surface area contributed by atoms with E-state index in [-0.39, 0.29) is 18.5 Å². The van der Waals surface area contributed by atoms with Crippen LogP contribution < -0.4 is 5.32 Å². The first-order chi connectivity index (χ1) is 39.0. The molecule has 0 rings (SSSR count). The first-order valence-corrected chi connectivity index (χ1v) is 35.8. The molecule has 0 aromatic heterocycles. The molecular weight excluding hydrogens is 971 g/mol. The van der Waals surface area contributed by atoms with E-state index >= 15 is 0 Å². The number of amides is 1. The minimum Gasteiger partial charge on any atom is -0.466 e. The Morgan fingerprint density at radius 2 is 0.595 bits per heavy atom. The molecule has 6 heteroatoms. The zero-order valence-corrected chi connectivity index (χ0v) is 53.4. The molecule has 0 aliphatic heterocycles. The molecule has 6 nitrogen and oxygen atoms in total. The molecule has 79 heavy (non-hydrogen) atoms. The number of hydrogen-bond acceptors (Lipinski definition) is 5. The third-order valence-corrected chi connectivity index (χ3v) is 16.6. The summed E-state index contributed by atoms with van der Waals surface area (Å²) in [6, 6.07) is -0.631. The Kier molecular flexibility index (Phi) is 66.9. The maximum Gasteiger partial charge on any atom is 0.305 e. The van der Waals surface area contributed by atoms with E-state index in [9.17, 15) is 19.8 Å². The summed E-state index contributed by atoms with van der Waals surface area (Å²) < 4.78 is 5.48. The molecule has 0 saturated carbocycles. The van der Waals surface area contributed by atoms with Crippen molar-refractivity contribution in [3.8, 4) is 0 Å². The number of unbranched alkanes of at least 4 members (excludes halogenated alkanes) is 52. The Labute approximate surface area is 494 Å². The van der Waals surface area contributed by atoms with E-state index < -0.39 is 12.1 Å². The average Bonchev–Trinajstić information content (AvgIpc) is 3.45. The van der Waals surface area contributed by atoms with Crippen molar-refractivity contribution in [1.82, 2.24) is 5.32 Å². The maximum absolute atomic E-state index is 12.5. The minimum atomic E-state index is -0.847. The fourth-order valence-corrected chi connectivity index (χ4v) is 11.2. The van der Waals surface area contributed by atoms with Gasteiger partial charge in [0, 0.05) is 12.8 Å². The van der Waals surface area contributed by atoms with Crippen molar-refractivity contribution in [3.05, 3.63) is 36.5 Å². The second-order valence-corrected chi connectivity index (χ2v) is 24.6. The minimum absolute atomic E-state index is 0.00583. The second-order valence-electron chi connectivity index (χ2n) is 24.6. The number of carbonyl (C=O) groups excluding carboxylic acids is 2. The Morgan fingerprint density at radius 3 is 0.899 bits per heavy atom. The molecule has 0 aromatic rings. The number of ether oxygens (including phenoxy) is 1. The van der Waals surface area contributed by atoms with Crippen LogP contribution in [-0.4, -0.2) is 47.4 Å². The predicted octanol–water partition coefficient (Wildman–Crippen LogP) is 23.1. The van der Waals surface area contributed by atoms with Gasteiger partial charge < -0.3 is 20.3 Å². The highest BCUT2D eigenvalue weighted by Crippen LogP contribution is 2.18. The van der Waals surface area contributed by atoms with E-state index in [4.69, 9.17) is 4.74 Å². The summed E-state index contributed by atoms with van der Waals surface area (Å²) >= 11 is 0. The molecule has 0 spiro atoms. The molecule has 0 saturated heterocycles. The molecule has 0 aromatic carbocycles. The molecule has 0 aliphatic carbocycles.